The van der Waals surface area contributed by atoms with Crippen molar-refractivity contribution in [2.75, 3.05) is 0 Å². The van der Waals surface area contributed by atoms with Crippen LogP contribution in [0.15, 0.2) is 4.99 Å². The van der Waals surface area contributed by atoms with E-state index in [1.54, 1.807) is 13.8 Å². The van der Waals surface area contributed by atoms with E-state index in [9.17, 15) is 14.9 Å². The molecule has 0 bridgehead atoms. The monoisotopic (exact) mass is 351 g/mol. The Morgan fingerprint density at radius 2 is 1.71 bits per heavy atom. The van der Waals surface area contributed by atoms with Gasteiger partial charge in [0.15, 0.2) is 0 Å². The molecule has 1 aliphatic carbocycles. The van der Waals surface area contributed by atoms with Crippen molar-refractivity contribution in [2.24, 2.45) is 16.8 Å². The third-order valence-corrected chi connectivity index (χ3v) is 5.90. The van der Waals surface area contributed by atoms with Gasteiger partial charge in [0.25, 0.3) is 0 Å². The summed E-state index contributed by atoms with van der Waals surface area (Å²) in [6, 6.07) is 2.18. The maximum absolute atomic E-state index is 12.9. The predicted molar refractivity (Wildman–Crippen MR) is 93.6 cm³/mol. The lowest BCUT2D eigenvalue weighted by Gasteiger charge is -2.31. The highest BCUT2D eigenvalue weighted by Crippen LogP contribution is 2.40. The van der Waals surface area contributed by atoms with E-state index < -0.39 is 10.4 Å². The highest BCUT2D eigenvalue weighted by Gasteiger charge is 2.52. The van der Waals surface area contributed by atoms with Gasteiger partial charge in [0, 0.05) is 0 Å². The van der Waals surface area contributed by atoms with Crippen LogP contribution >= 0.6 is 11.6 Å². The molecule has 2 aliphatic rings. The first-order valence-corrected chi connectivity index (χ1v) is 9.17. The molecule has 5 nitrogen and oxygen atoms in total. The Bertz CT molecular complexity index is 584. The third kappa shape index (κ3) is 3.21. The Kier molecular flexibility index (Phi) is 5.39. The molecular weight excluding hydrogens is 326 g/mol. The lowest BCUT2D eigenvalue weighted by atomic mass is 9.81. The molecule has 24 heavy (non-hydrogen) atoms. The number of imide groups is 1. The van der Waals surface area contributed by atoms with Crippen LogP contribution in [0.2, 0.25) is 0 Å². The fourth-order valence-corrected chi connectivity index (χ4v) is 3.47. The predicted octanol–water partition coefficient (Wildman–Crippen LogP) is 3.66. The Morgan fingerprint density at radius 1 is 1.21 bits per heavy atom. The number of amidine groups is 1. The molecular formula is C18H26ClN3O2. The first-order valence-electron chi connectivity index (χ1n) is 8.79. The second-order valence-electron chi connectivity index (χ2n) is 7.23. The van der Waals surface area contributed by atoms with Gasteiger partial charge in [0.05, 0.1) is 22.8 Å². The Balaban J connectivity index is 2.52. The van der Waals surface area contributed by atoms with Gasteiger partial charge < -0.3 is 0 Å². The fourth-order valence-electron chi connectivity index (χ4n) is 3.35. The maximum Gasteiger partial charge on any atom is 0.238 e. The first kappa shape index (κ1) is 18.9. The van der Waals surface area contributed by atoms with Crippen LogP contribution in [0.5, 0.6) is 0 Å². The third-order valence-electron chi connectivity index (χ3n) is 5.47. The summed E-state index contributed by atoms with van der Waals surface area (Å²) in [5.74, 6) is -0.659. The Labute approximate surface area is 149 Å². The Morgan fingerprint density at radius 3 is 2.08 bits per heavy atom. The number of carbonyl (C=O) groups excluding carboxylic acids is 2. The molecule has 6 heteroatoms. The molecule has 0 aromatic carbocycles. The number of alkyl halides is 1. The molecule has 2 amide bonds. The first-order chi connectivity index (χ1) is 11.2. The van der Waals surface area contributed by atoms with E-state index in [0.29, 0.717) is 12.8 Å². The summed E-state index contributed by atoms with van der Waals surface area (Å²) in [6.45, 7) is 7.20. The van der Waals surface area contributed by atoms with E-state index in [1.807, 2.05) is 13.8 Å². The van der Waals surface area contributed by atoms with Crippen molar-refractivity contribution >= 4 is 29.3 Å². The molecule has 2 fully saturated rings. The zero-order valence-corrected chi connectivity index (χ0v) is 15.7. The highest BCUT2D eigenvalue weighted by molar-refractivity contribution is 6.39. The van der Waals surface area contributed by atoms with Gasteiger partial charge in [0.2, 0.25) is 11.8 Å². The number of carbonyl (C=O) groups is 2. The van der Waals surface area contributed by atoms with Crippen LogP contribution in [-0.2, 0) is 9.59 Å². The van der Waals surface area contributed by atoms with Gasteiger partial charge in [0.1, 0.15) is 11.4 Å². The van der Waals surface area contributed by atoms with Gasteiger partial charge in [-0.15, -0.1) is 11.6 Å². The molecule has 0 radical (unpaired) electrons. The van der Waals surface area contributed by atoms with Crippen LogP contribution in [0, 0.1) is 23.2 Å². The van der Waals surface area contributed by atoms with Crippen LogP contribution in [0.4, 0.5) is 0 Å². The minimum atomic E-state index is -1.00. The number of hydrogen-bond donors (Lipinski definition) is 0. The smallest absolute Gasteiger partial charge is 0.238 e. The number of hydrogen-bond acceptors (Lipinski definition) is 4. The summed E-state index contributed by atoms with van der Waals surface area (Å²) in [6.07, 6.45) is 4.41. The molecule has 1 saturated heterocycles. The van der Waals surface area contributed by atoms with Crippen molar-refractivity contribution in [1.29, 1.82) is 5.26 Å². The quantitative estimate of drug-likeness (QED) is 0.336. The maximum atomic E-state index is 12.9. The van der Waals surface area contributed by atoms with Crippen molar-refractivity contribution in [2.45, 2.75) is 76.6 Å². The van der Waals surface area contributed by atoms with Crippen LogP contribution in [0.3, 0.4) is 0 Å². The van der Waals surface area contributed by atoms with Crippen molar-refractivity contribution in [3.05, 3.63) is 0 Å². The fraction of sp³-hybridized carbons (Fsp3) is 0.778. The molecule has 132 valence electrons. The molecule has 2 rings (SSSR count). The lowest BCUT2D eigenvalue weighted by Crippen LogP contribution is -2.48. The molecule has 0 aromatic heterocycles. The molecule has 4 atom stereocenters. The topological polar surface area (TPSA) is 73.5 Å². The highest BCUT2D eigenvalue weighted by atomic mass is 35.5. The van der Waals surface area contributed by atoms with E-state index >= 15 is 0 Å². The van der Waals surface area contributed by atoms with Crippen LogP contribution in [0.25, 0.3) is 0 Å². The number of fused-ring (bicyclic) bond motifs is 1. The molecule has 1 aliphatic heterocycles. The van der Waals surface area contributed by atoms with Crippen molar-refractivity contribution < 1.29 is 9.59 Å². The summed E-state index contributed by atoms with van der Waals surface area (Å²) < 4.78 is 0. The summed E-state index contributed by atoms with van der Waals surface area (Å²) in [7, 11) is 0. The minimum Gasteiger partial charge on any atom is -0.274 e. The average Bonchev–Trinajstić information content (AvgIpc) is 2.84. The van der Waals surface area contributed by atoms with Gasteiger partial charge in [-0.05, 0) is 39.5 Å². The standard InChI is InChI=1S/C18H26ClN3O2/c1-5-17(3,11-20)21-16(18(4,19)6-2)22-14(23)12-9-7-8-10-13(12)15(22)24/h12-13H,5-10H2,1-4H3/t12?,13?,17-,18-/m1/s1. The van der Waals surface area contributed by atoms with E-state index in [2.05, 4.69) is 11.1 Å². The summed E-state index contributed by atoms with van der Waals surface area (Å²) in [5.41, 5.74) is -1.00. The van der Waals surface area contributed by atoms with Crippen molar-refractivity contribution in [1.82, 2.24) is 4.90 Å². The van der Waals surface area contributed by atoms with E-state index in [4.69, 9.17) is 11.6 Å². The van der Waals surface area contributed by atoms with Gasteiger partial charge in [-0.3, -0.25) is 9.59 Å². The average molecular weight is 352 g/mol. The summed E-state index contributed by atoms with van der Waals surface area (Å²) in [4.78, 5) is 30.6. The Hall–Kier alpha value is -1.41. The van der Waals surface area contributed by atoms with Gasteiger partial charge >= 0.3 is 0 Å². The number of aliphatic imine (C=N–C) groups is 1. The van der Waals surface area contributed by atoms with E-state index in [-0.39, 0.29) is 29.5 Å². The number of amides is 2. The SMILES string of the molecule is CC[C@](C)(C#N)N=C(N1C(=O)C2CCCCC2C1=O)[C@](C)(Cl)CC. The molecule has 0 spiro atoms. The molecule has 1 saturated carbocycles. The number of likely N-dealkylation sites (tertiary alicyclic amines) is 1. The summed E-state index contributed by atoms with van der Waals surface area (Å²) >= 11 is 6.63. The number of halogens is 1. The number of nitriles is 1. The zero-order chi connectivity index (χ0) is 18.1. The van der Waals surface area contributed by atoms with Crippen LogP contribution in [-0.4, -0.2) is 33.0 Å². The van der Waals surface area contributed by atoms with Gasteiger partial charge in [-0.2, -0.15) is 5.26 Å². The van der Waals surface area contributed by atoms with E-state index in [1.165, 1.54) is 4.90 Å². The number of nitrogens with zero attached hydrogens (tertiary/aromatic N) is 3. The normalized spacial score (nSPS) is 29.7. The molecule has 0 N–H and O–H groups in total. The molecule has 2 unspecified atom stereocenters. The number of rotatable bonds is 4. The second-order valence-corrected chi connectivity index (χ2v) is 8.07. The van der Waals surface area contributed by atoms with Crippen LogP contribution in [0.1, 0.15) is 66.2 Å². The molecule has 1 heterocycles. The minimum absolute atomic E-state index is 0.194. The van der Waals surface area contributed by atoms with Crippen LogP contribution < -0.4 is 0 Å². The zero-order valence-electron chi connectivity index (χ0n) is 14.9. The largest absolute Gasteiger partial charge is 0.274 e. The summed E-state index contributed by atoms with van der Waals surface area (Å²) in [5, 5.41) is 9.46. The van der Waals surface area contributed by atoms with Crippen molar-refractivity contribution in [3.63, 3.8) is 0 Å². The van der Waals surface area contributed by atoms with Crippen molar-refractivity contribution in [3.8, 4) is 6.07 Å². The van der Waals surface area contributed by atoms with Gasteiger partial charge in [-0.1, -0.05) is 26.7 Å². The lowest BCUT2D eigenvalue weighted by molar-refractivity contribution is -0.135. The van der Waals surface area contributed by atoms with Gasteiger partial charge in [-0.25, -0.2) is 9.89 Å². The van der Waals surface area contributed by atoms with E-state index in [0.717, 1.165) is 25.7 Å². The molecule has 0 aromatic rings. The second kappa shape index (κ2) is 6.84.